The van der Waals surface area contributed by atoms with Crippen molar-refractivity contribution in [3.8, 4) is 0 Å². The Hall–Kier alpha value is -2.02. The van der Waals surface area contributed by atoms with Crippen LogP contribution < -0.4 is 10.2 Å². The molecule has 3 rings (SSSR count). The molecule has 0 aliphatic carbocycles. The molecule has 1 aromatic carbocycles. The first-order valence-electron chi connectivity index (χ1n) is 7.14. The van der Waals surface area contributed by atoms with E-state index in [0.717, 1.165) is 32.0 Å². The molecule has 0 unspecified atom stereocenters. The monoisotopic (exact) mass is 342 g/mol. The summed E-state index contributed by atoms with van der Waals surface area (Å²) >= 11 is 5.68. The highest BCUT2D eigenvalue weighted by Crippen LogP contribution is 2.37. The van der Waals surface area contributed by atoms with Crippen LogP contribution in [0, 0.1) is 0 Å². The molecule has 1 aliphatic heterocycles. The van der Waals surface area contributed by atoms with Crippen molar-refractivity contribution in [1.29, 1.82) is 0 Å². The van der Waals surface area contributed by atoms with E-state index in [1.807, 2.05) is 0 Å². The Labute approximate surface area is 136 Å². The molecule has 122 valence electrons. The quantitative estimate of drug-likeness (QED) is 0.892. The Bertz CT molecular complexity index is 699. The molecule has 1 fully saturated rings. The van der Waals surface area contributed by atoms with Gasteiger partial charge in [0.2, 0.25) is 0 Å². The highest BCUT2D eigenvalue weighted by atomic mass is 35.5. The normalized spacial score (nSPS) is 15.0. The second-order valence-electron chi connectivity index (χ2n) is 5.27. The van der Waals surface area contributed by atoms with Gasteiger partial charge in [-0.25, -0.2) is 9.97 Å². The number of halogens is 4. The van der Waals surface area contributed by atoms with Crippen molar-refractivity contribution in [2.45, 2.75) is 19.0 Å². The van der Waals surface area contributed by atoms with Gasteiger partial charge in [0.05, 0.1) is 11.3 Å². The summed E-state index contributed by atoms with van der Waals surface area (Å²) in [6, 6.07) is 5.25. The second kappa shape index (κ2) is 6.23. The standard InChI is InChI=1S/C15H14ClF3N4/c16-10-3-4-12(11(7-10)15(17,18)19)22-13-8-14(21-9-20-13)23-5-1-2-6-23/h3-4,7-9H,1-2,5-6H2,(H,20,21,22). The zero-order valence-electron chi connectivity index (χ0n) is 12.1. The molecule has 23 heavy (non-hydrogen) atoms. The van der Waals surface area contributed by atoms with Crippen LogP contribution in [0.4, 0.5) is 30.5 Å². The van der Waals surface area contributed by atoms with Crippen molar-refractivity contribution in [3.63, 3.8) is 0 Å². The summed E-state index contributed by atoms with van der Waals surface area (Å²) in [5, 5.41) is 2.74. The molecule has 4 nitrogen and oxygen atoms in total. The maximum absolute atomic E-state index is 13.1. The van der Waals surface area contributed by atoms with Crippen LogP contribution in [-0.2, 0) is 6.18 Å². The van der Waals surface area contributed by atoms with Crippen LogP contribution in [-0.4, -0.2) is 23.1 Å². The molecule has 0 amide bonds. The number of rotatable bonds is 3. The van der Waals surface area contributed by atoms with Crippen molar-refractivity contribution in [2.24, 2.45) is 0 Å². The van der Waals surface area contributed by atoms with Crippen LogP contribution in [0.1, 0.15) is 18.4 Å². The number of hydrogen-bond acceptors (Lipinski definition) is 4. The first kappa shape index (κ1) is 15.9. The largest absolute Gasteiger partial charge is 0.418 e. The van der Waals surface area contributed by atoms with Gasteiger partial charge in [0.1, 0.15) is 18.0 Å². The number of benzene rings is 1. The van der Waals surface area contributed by atoms with Gasteiger partial charge in [-0.1, -0.05) is 11.6 Å². The smallest absolute Gasteiger partial charge is 0.356 e. The lowest BCUT2D eigenvalue weighted by atomic mass is 10.1. The molecule has 0 bridgehead atoms. The van der Waals surface area contributed by atoms with E-state index in [0.29, 0.717) is 11.6 Å². The van der Waals surface area contributed by atoms with Gasteiger partial charge in [0.25, 0.3) is 0 Å². The van der Waals surface area contributed by atoms with Crippen molar-refractivity contribution in [3.05, 3.63) is 41.2 Å². The number of aromatic nitrogens is 2. The van der Waals surface area contributed by atoms with Crippen LogP contribution in [0.2, 0.25) is 5.02 Å². The van der Waals surface area contributed by atoms with E-state index in [2.05, 4.69) is 20.2 Å². The Morgan fingerprint density at radius 2 is 1.83 bits per heavy atom. The van der Waals surface area contributed by atoms with E-state index in [-0.39, 0.29) is 10.7 Å². The summed E-state index contributed by atoms with van der Waals surface area (Å²) in [5.41, 5.74) is -0.917. The number of nitrogens with one attached hydrogen (secondary N) is 1. The fraction of sp³-hybridized carbons (Fsp3) is 0.333. The molecule has 8 heteroatoms. The van der Waals surface area contributed by atoms with Crippen LogP contribution in [0.25, 0.3) is 0 Å². The van der Waals surface area contributed by atoms with E-state index in [1.54, 1.807) is 6.07 Å². The van der Waals surface area contributed by atoms with Crippen molar-refractivity contribution in [1.82, 2.24) is 9.97 Å². The zero-order chi connectivity index (χ0) is 16.4. The van der Waals surface area contributed by atoms with Gasteiger partial charge in [0, 0.05) is 24.2 Å². The third-order valence-corrected chi connectivity index (χ3v) is 3.87. The first-order chi connectivity index (χ1) is 10.9. The average Bonchev–Trinajstić information content (AvgIpc) is 3.03. The van der Waals surface area contributed by atoms with Gasteiger partial charge < -0.3 is 10.2 Å². The number of hydrogen-bond donors (Lipinski definition) is 1. The zero-order valence-corrected chi connectivity index (χ0v) is 12.8. The van der Waals surface area contributed by atoms with Crippen LogP contribution >= 0.6 is 11.6 Å². The summed E-state index contributed by atoms with van der Waals surface area (Å²) in [6.45, 7) is 1.79. The number of alkyl halides is 3. The summed E-state index contributed by atoms with van der Waals surface area (Å²) in [4.78, 5) is 10.3. The number of nitrogens with zero attached hydrogens (tertiary/aromatic N) is 3. The SMILES string of the molecule is FC(F)(F)c1cc(Cl)ccc1Nc1cc(N2CCCC2)ncn1. The molecule has 1 aliphatic rings. The van der Waals surface area contributed by atoms with Crippen molar-refractivity contribution < 1.29 is 13.2 Å². The van der Waals surface area contributed by atoms with E-state index in [4.69, 9.17) is 11.6 Å². The Morgan fingerprint density at radius 1 is 1.09 bits per heavy atom. The third-order valence-electron chi connectivity index (χ3n) is 3.63. The first-order valence-corrected chi connectivity index (χ1v) is 7.52. The van der Waals surface area contributed by atoms with Gasteiger partial charge in [-0.05, 0) is 31.0 Å². The minimum absolute atomic E-state index is 0.0309. The fourth-order valence-corrected chi connectivity index (χ4v) is 2.70. The Kier molecular flexibility index (Phi) is 4.30. The molecule has 1 aromatic heterocycles. The molecule has 0 atom stereocenters. The van der Waals surface area contributed by atoms with Crippen molar-refractivity contribution >= 4 is 28.9 Å². The minimum atomic E-state index is -4.50. The molecule has 0 radical (unpaired) electrons. The molecular weight excluding hydrogens is 329 g/mol. The maximum atomic E-state index is 13.1. The third kappa shape index (κ3) is 3.67. The summed E-state index contributed by atoms with van der Waals surface area (Å²) in [6.07, 6.45) is -0.985. The molecule has 2 aromatic rings. The summed E-state index contributed by atoms with van der Waals surface area (Å²) < 4.78 is 39.3. The lowest BCUT2D eigenvalue weighted by Gasteiger charge is -2.18. The molecule has 0 saturated carbocycles. The molecule has 0 spiro atoms. The van der Waals surface area contributed by atoms with Gasteiger partial charge in [-0.2, -0.15) is 13.2 Å². The minimum Gasteiger partial charge on any atom is -0.356 e. The fourth-order valence-electron chi connectivity index (χ4n) is 2.53. The highest BCUT2D eigenvalue weighted by molar-refractivity contribution is 6.30. The Morgan fingerprint density at radius 3 is 2.52 bits per heavy atom. The summed E-state index contributed by atoms with van der Waals surface area (Å²) in [7, 11) is 0. The lowest BCUT2D eigenvalue weighted by molar-refractivity contribution is -0.136. The lowest BCUT2D eigenvalue weighted by Crippen LogP contribution is -2.19. The van der Waals surface area contributed by atoms with Gasteiger partial charge in [0.15, 0.2) is 0 Å². The molecule has 2 heterocycles. The topological polar surface area (TPSA) is 41.0 Å². The van der Waals surface area contributed by atoms with Crippen LogP contribution in [0.5, 0.6) is 0 Å². The summed E-state index contributed by atoms with van der Waals surface area (Å²) in [5.74, 6) is 1.03. The van der Waals surface area contributed by atoms with E-state index in [1.165, 1.54) is 18.5 Å². The van der Waals surface area contributed by atoms with Gasteiger partial charge in [-0.3, -0.25) is 0 Å². The molecule has 1 N–H and O–H groups in total. The maximum Gasteiger partial charge on any atom is 0.418 e. The van der Waals surface area contributed by atoms with Crippen LogP contribution in [0.15, 0.2) is 30.6 Å². The van der Waals surface area contributed by atoms with Crippen LogP contribution in [0.3, 0.4) is 0 Å². The van der Waals surface area contributed by atoms with Crippen molar-refractivity contribution in [2.75, 3.05) is 23.3 Å². The number of anilines is 3. The predicted octanol–water partition coefficient (Wildman–Crippen LogP) is 4.49. The Balaban J connectivity index is 1.89. The van der Waals surface area contributed by atoms with E-state index < -0.39 is 11.7 Å². The van der Waals surface area contributed by atoms with E-state index >= 15 is 0 Å². The average molecular weight is 343 g/mol. The molecular formula is C15H14ClF3N4. The van der Waals surface area contributed by atoms with Gasteiger partial charge in [-0.15, -0.1) is 0 Å². The molecule has 1 saturated heterocycles. The van der Waals surface area contributed by atoms with Gasteiger partial charge >= 0.3 is 6.18 Å². The highest BCUT2D eigenvalue weighted by Gasteiger charge is 2.34. The predicted molar refractivity (Wildman–Crippen MR) is 83.2 cm³/mol. The van der Waals surface area contributed by atoms with E-state index in [9.17, 15) is 13.2 Å². The second-order valence-corrected chi connectivity index (χ2v) is 5.70.